The van der Waals surface area contributed by atoms with Gasteiger partial charge in [-0.05, 0) is 29.8 Å². The van der Waals surface area contributed by atoms with Crippen molar-refractivity contribution in [2.45, 2.75) is 6.18 Å². The van der Waals surface area contributed by atoms with E-state index < -0.39 is 40.2 Å². The van der Waals surface area contributed by atoms with Crippen molar-refractivity contribution in [1.29, 1.82) is 5.26 Å². The molecule has 0 bridgehead atoms. The van der Waals surface area contributed by atoms with Crippen molar-refractivity contribution in [3.05, 3.63) is 81.8 Å². The SMILES string of the molecule is Cn1c(-c2ccc(C#N)cc2)cc(=O)n2nc(C(F)(F)F)c(-c3ccc(F)cc3F)c12. The van der Waals surface area contributed by atoms with Gasteiger partial charge in [-0.1, -0.05) is 12.1 Å². The van der Waals surface area contributed by atoms with Crippen LogP contribution in [0.3, 0.4) is 0 Å². The first-order valence-corrected chi connectivity index (χ1v) is 8.77. The van der Waals surface area contributed by atoms with E-state index in [1.165, 1.54) is 35.9 Å². The minimum absolute atomic E-state index is 0.222. The van der Waals surface area contributed by atoms with Crippen LogP contribution in [0.4, 0.5) is 22.0 Å². The lowest BCUT2D eigenvalue weighted by Crippen LogP contribution is -2.18. The molecule has 0 atom stereocenters. The van der Waals surface area contributed by atoms with Gasteiger partial charge in [0.2, 0.25) is 0 Å². The van der Waals surface area contributed by atoms with Crippen LogP contribution in [0.1, 0.15) is 11.3 Å². The number of rotatable bonds is 2. The summed E-state index contributed by atoms with van der Waals surface area (Å²) in [6.07, 6.45) is -5.00. The molecule has 0 aliphatic heterocycles. The minimum Gasteiger partial charge on any atom is -0.328 e. The molecule has 10 heteroatoms. The summed E-state index contributed by atoms with van der Waals surface area (Å²) in [5, 5.41) is 12.3. The lowest BCUT2D eigenvalue weighted by Gasteiger charge is -2.13. The van der Waals surface area contributed by atoms with E-state index in [1.807, 2.05) is 6.07 Å². The Balaban J connectivity index is 2.13. The Morgan fingerprint density at radius 2 is 1.71 bits per heavy atom. The number of nitriles is 1. The quantitative estimate of drug-likeness (QED) is 0.439. The van der Waals surface area contributed by atoms with Crippen molar-refractivity contribution in [2.75, 3.05) is 0 Å². The van der Waals surface area contributed by atoms with Gasteiger partial charge in [-0.2, -0.15) is 28.0 Å². The summed E-state index contributed by atoms with van der Waals surface area (Å²) in [5.41, 5.74) is -2.86. The van der Waals surface area contributed by atoms with Crippen molar-refractivity contribution < 1.29 is 22.0 Å². The highest BCUT2D eigenvalue weighted by Gasteiger charge is 2.40. The molecule has 0 N–H and O–H groups in total. The maximum atomic E-state index is 14.5. The third-order valence-electron chi connectivity index (χ3n) is 4.79. The van der Waals surface area contributed by atoms with E-state index in [2.05, 4.69) is 5.10 Å². The summed E-state index contributed by atoms with van der Waals surface area (Å²) < 4.78 is 70.9. The minimum atomic E-state index is -5.00. The molecule has 31 heavy (non-hydrogen) atoms. The Hall–Kier alpha value is -4.00. The zero-order valence-electron chi connectivity index (χ0n) is 15.7. The largest absolute Gasteiger partial charge is 0.435 e. The van der Waals surface area contributed by atoms with Crippen LogP contribution >= 0.6 is 0 Å². The zero-order valence-corrected chi connectivity index (χ0v) is 15.7. The molecular weight excluding hydrogens is 419 g/mol. The highest BCUT2D eigenvalue weighted by atomic mass is 19.4. The number of aryl methyl sites for hydroxylation is 1. The third kappa shape index (κ3) is 3.34. The number of nitrogens with zero attached hydrogens (tertiary/aromatic N) is 4. The van der Waals surface area contributed by atoms with Crippen molar-refractivity contribution in [3.8, 4) is 28.5 Å². The van der Waals surface area contributed by atoms with Crippen LogP contribution in [0, 0.1) is 23.0 Å². The summed E-state index contributed by atoms with van der Waals surface area (Å²) in [6.45, 7) is 0. The first kappa shape index (κ1) is 20.3. The van der Waals surface area contributed by atoms with Crippen molar-refractivity contribution in [1.82, 2.24) is 14.2 Å². The first-order chi connectivity index (χ1) is 14.6. The Morgan fingerprint density at radius 1 is 1.03 bits per heavy atom. The molecule has 0 fully saturated rings. The van der Waals surface area contributed by atoms with Crippen LogP contribution in [0.25, 0.3) is 28.0 Å². The van der Waals surface area contributed by atoms with E-state index in [0.717, 1.165) is 18.2 Å². The maximum Gasteiger partial charge on any atom is 0.435 e. The Morgan fingerprint density at radius 3 is 2.29 bits per heavy atom. The zero-order chi connectivity index (χ0) is 22.5. The van der Waals surface area contributed by atoms with Crippen LogP contribution in [0.5, 0.6) is 0 Å². The topological polar surface area (TPSA) is 63.1 Å². The lowest BCUT2D eigenvalue weighted by molar-refractivity contribution is -0.140. The van der Waals surface area contributed by atoms with E-state index in [4.69, 9.17) is 5.26 Å². The lowest BCUT2D eigenvalue weighted by atomic mass is 10.0. The fourth-order valence-electron chi connectivity index (χ4n) is 3.39. The Bertz CT molecular complexity index is 1430. The summed E-state index contributed by atoms with van der Waals surface area (Å²) >= 11 is 0. The van der Waals surface area contributed by atoms with Gasteiger partial charge in [0.1, 0.15) is 17.3 Å². The van der Waals surface area contributed by atoms with E-state index in [-0.39, 0.29) is 11.3 Å². The van der Waals surface area contributed by atoms with Gasteiger partial charge in [0.25, 0.3) is 5.56 Å². The number of halogens is 5. The molecule has 0 aliphatic carbocycles. The highest BCUT2D eigenvalue weighted by Crippen LogP contribution is 2.40. The smallest absolute Gasteiger partial charge is 0.328 e. The normalized spacial score (nSPS) is 11.6. The van der Waals surface area contributed by atoms with Crippen LogP contribution in [-0.2, 0) is 13.2 Å². The van der Waals surface area contributed by atoms with Crippen molar-refractivity contribution >= 4 is 5.65 Å². The molecule has 0 saturated heterocycles. The number of benzene rings is 2. The van der Waals surface area contributed by atoms with Crippen LogP contribution in [0.15, 0.2) is 53.3 Å². The van der Waals surface area contributed by atoms with E-state index in [1.54, 1.807) is 0 Å². The Kier molecular flexibility index (Phi) is 4.61. The van der Waals surface area contributed by atoms with Crippen LogP contribution < -0.4 is 5.56 Å². The van der Waals surface area contributed by atoms with Gasteiger partial charge < -0.3 is 4.57 Å². The summed E-state index contributed by atoms with van der Waals surface area (Å²) in [4.78, 5) is 12.6. The van der Waals surface area contributed by atoms with Gasteiger partial charge in [0, 0.05) is 24.7 Å². The number of hydrogen-bond acceptors (Lipinski definition) is 3. The summed E-state index contributed by atoms with van der Waals surface area (Å²) in [7, 11) is 1.40. The highest BCUT2D eigenvalue weighted by molar-refractivity contribution is 5.82. The molecule has 4 aromatic rings. The molecule has 0 saturated carbocycles. The fraction of sp³-hybridized carbons (Fsp3) is 0.0952. The molecule has 0 aliphatic rings. The predicted molar refractivity (Wildman–Crippen MR) is 101 cm³/mol. The van der Waals surface area contributed by atoms with Crippen molar-refractivity contribution in [2.24, 2.45) is 7.05 Å². The molecule has 2 aromatic heterocycles. The molecule has 5 nitrogen and oxygen atoms in total. The van der Waals surface area contributed by atoms with Gasteiger partial charge in [-0.3, -0.25) is 4.79 Å². The molecule has 4 rings (SSSR count). The molecular formula is C21H11F5N4O. The second-order valence-corrected chi connectivity index (χ2v) is 6.70. The van der Waals surface area contributed by atoms with Gasteiger partial charge in [-0.25, -0.2) is 8.78 Å². The summed E-state index contributed by atoms with van der Waals surface area (Å²) in [5.74, 6) is -2.19. The number of fused-ring (bicyclic) bond motifs is 1. The van der Waals surface area contributed by atoms with Gasteiger partial charge in [0.15, 0.2) is 5.69 Å². The monoisotopic (exact) mass is 430 g/mol. The number of aromatic nitrogens is 3. The number of hydrogen-bond donors (Lipinski definition) is 0. The van der Waals surface area contributed by atoms with Crippen molar-refractivity contribution in [3.63, 3.8) is 0 Å². The average Bonchev–Trinajstić information content (AvgIpc) is 3.13. The van der Waals surface area contributed by atoms with E-state index >= 15 is 0 Å². The second-order valence-electron chi connectivity index (χ2n) is 6.70. The summed E-state index contributed by atoms with van der Waals surface area (Å²) in [6, 6.07) is 11.2. The van der Waals surface area contributed by atoms with Gasteiger partial charge in [-0.15, -0.1) is 0 Å². The van der Waals surface area contributed by atoms with Gasteiger partial charge in [0.05, 0.1) is 22.9 Å². The van der Waals surface area contributed by atoms with Crippen LogP contribution in [0.2, 0.25) is 0 Å². The standard InChI is InChI=1S/C21H11F5N4O/c1-29-16(12-4-2-11(10-27)3-5-12)9-17(31)30-20(29)18(19(28-30)21(24,25)26)14-7-6-13(22)8-15(14)23/h2-9H,1H3. The third-order valence-corrected chi connectivity index (χ3v) is 4.79. The molecule has 2 aromatic carbocycles. The van der Waals surface area contributed by atoms with Crippen LogP contribution in [-0.4, -0.2) is 14.2 Å². The number of alkyl halides is 3. The molecule has 0 radical (unpaired) electrons. The molecule has 0 amide bonds. The average molecular weight is 430 g/mol. The molecule has 156 valence electrons. The van der Waals surface area contributed by atoms with Gasteiger partial charge >= 0.3 is 6.18 Å². The Labute approximate surface area is 171 Å². The van der Waals surface area contributed by atoms with E-state index in [0.29, 0.717) is 21.7 Å². The molecule has 2 heterocycles. The first-order valence-electron chi connectivity index (χ1n) is 8.77. The maximum absolute atomic E-state index is 14.5. The van der Waals surface area contributed by atoms with E-state index in [9.17, 15) is 26.7 Å². The molecule has 0 spiro atoms. The predicted octanol–water partition coefficient (Wildman–Crippen LogP) is 4.54. The second kappa shape index (κ2) is 7.05. The molecule has 0 unspecified atom stereocenters. The fourth-order valence-corrected chi connectivity index (χ4v) is 3.39.